The van der Waals surface area contributed by atoms with Gasteiger partial charge in [-0.25, -0.2) is 0 Å². The van der Waals surface area contributed by atoms with Crippen LogP contribution in [-0.4, -0.2) is 32.1 Å². The van der Waals surface area contributed by atoms with Gasteiger partial charge in [0.1, 0.15) is 6.07 Å². The minimum absolute atomic E-state index is 0.0302. The summed E-state index contributed by atoms with van der Waals surface area (Å²) in [5, 5.41) is 12.1. The fourth-order valence-electron chi connectivity index (χ4n) is 2.75. The van der Waals surface area contributed by atoms with E-state index in [0.717, 1.165) is 30.6 Å². The third-order valence-electron chi connectivity index (χ3n) is 3.85. The van der Waals surface area contributed by atoms with Crippen molar-refractivity contribution in [1.29, 1.82) is 5.26 Å². The van der Waals surface area contributed by atoms with Gasteiger partial charge in [-0.2, -0.15) is 5.26 Å². The summed E-state index contributed by atoms with van der Waals surface area (Å²) in [7, 11) is 0. The van der Waals surface area contributed by atoms with Gasteiger partial charge in [0.15, 0.2) is 0 Å². The lowest BCUT2D eigenvalue weighted by molar-refractivity contribution is -0.125. The maximum Gasteiger partial charge on any atom is 0.224 e. The number of nitrogens with zero attached hydrogens (tertiary/aromatic N) is 2. The molecule has 3 N–H and O–H groups in total. The Kier molecular flexibility index (Phi) is 5.18. The smallest absolute Gasteiger partial charge is 0.224 e. The van der Waals surface area contributed by atoms with Gasteiger partial charge < -0.3 is 16.0 Å². The van der Waals surface area contributed by atoms with E-state index in [-0.39, 0.29) is 11.8 Å². The molecule has 5 nitrogen and oxygen atoms in total. The molecule has 1 saturated heterocycles. The van der Waals surface area contributed by atoms with E-state index in [1.165, 1.54) is 0 Å². The summed E-state index contributed by atoms with van der Waals surface area (Å²) in [5.41, 5.74) is 8.15. The first-order valence-corrected chi connectivity index (χ1v) is 7.39. The van der Waals surface area contributed by atoms with Crippen LogP contribution in [0.2, 0.25) is 0 Å². The third kappa shape index (κ3) is 3.73. The zero-order valence-corrected chi connectivity index (χ0v) is 12.4. The molecule has 0 spiro atoms. The highest BCUT2D eigenvalue weighted by molar-refractivity contribution is 5.79. The molecule has 1 aromatic rings. The minimum atomic E-state index is -0.0302. The van der Waals surface area contributed by atoms with E-state index in [2.05, 4.69) is 16.3 Å². The normalized spacial score (nSPS) is 18.1. The molecule has 1 aliphatic rings. The number of nitrogens with one attached hydrogen (secondary N) is 1. The number of hydrogen-bond donors (Lipinski definition) is 2. The predicted octanol–water partition coefficient (Wildman–Crippen LogP) is 1.16. The topological polar surface area (TPSA) is 82.2 Å². The first kappa shape index (κ1) is 15.3. The Balaban J connectivity index is 2.13. The largest absolute Gasteiger partial charge is 0.370 e. The van der Waals surface area contributed by atoms with Crippen molar-refractivity contribution in [1.82, 2.24) is 5.32 Å². The van der Waals surface area contributed by atoms with Gasteiger partial charge in [-0.3, -0.25) is 4.79 Å². The number of amides is 1. The number of hydrogen-bond acceptors (Lipinski definition) is 4. The van der Waals surface area contributed by atoms with Crippen LogP contribution in [0.4, 0.5) is 5.69 Å². The molecule has 1 unspecified atom stereocenters. The maximum atomic E-state index is 12.1. The van der Waals surface area contributed by atoms with Crippen molar-refractivity contribution < 1.29 is 4.79 Å². The Hall–Kier alpha value is -2.06. The van der Waals surface area contributed by atoms with Crippen LogP contribution in [0.15, 0.2) is 18.2 Å². The van der Waals surface area contributed by atoms with Gasteiger partial charge >= 0.3 is 0 Å². The molecule has 5 heteroatoms. The van der Waals surface area contributed by atoms with E-state index < -0.39 is 0 Å². The second kappa shape index (κ2) is 7.09. The number of aryl methyl sites for hydroxylation is 1. The number of nitriles is 1. The maximum absolute atomic E-state index is 12.1. The molecule has 1 fully saturated rings. The van der Waals surface area contributed by atoms with Gasteiger partial charge in [0.2, 0.25) is 5.91 Å². The number of carbonyl (C=O) groups is 1. The summed E-state index contributed by atoms with van der Waals surface area (Å²) in [6.45, 7) is 4.54. The van der Waals surface area contributed by atoms with E-state index in [0.29, 0.717) is 25.2 Å². The second-order valence-electron chi connectivity index (χ2n) is 5.50. The van der Waals surface area contributed by atoms with Gasteiger partial charge in [0, 0.05) is 26.2 Å². The highest BCUT2D eigenvalue weighted by atomic mass is 16.1. The summed E-state index contributed by atoms with van der Waals surface area (Å²) in [6.07, 6.45) is 1.85. The highest BCUT2D eigenvalue weighted by Crippen LogP contribution is 2.27. The average molecular weight is 286 g/mol. The van der Waals surface area contributed by atoms with E-state index >= 15 is 0 Å². The van der Waals surface area contributed by atoms with Crippen molar-refractivity contribution in [2.24, 2.45) is 11.7 Å². The third-order valence-corrected chi connectivity index (χ3v) is 3.85. The van der Waals surface area contributed by atoms with E-state index in [4.69, 9.17) is 5.73 Å². The molecule has 1 aromatic carbocycles. The van der Waals surface area contributed by atoms with E-state index in [9.17, 15) is 10.1 Å². The van der Waals surface area contributed by atoms with Gasteiger partial charge in [-0.05, 0) is 37.5 Å². The molecular weight excluding hydrogens is 264 g/mol. The fraction of sp³-hybridized carbons (Fsp3) is 0.500. The molecule has 2 rings (SSSR count). The standard InChI is InChI=1S/C16H22N4O/c1-12-4-5-13(10-18)15(9-12)20-8-2-3-14(11-20)16(21)19-7-6-17/h4-5,9,14H,2-3,6-8,11,17H2,1H3,(H,19,21). The van der Waals surface area contributed by atoms with Crippen LogP contribution < -0.4 is 16.0 Å². The van der Waals surface area contributed by atoms with Gasteiger partial charge in [-0.1, -0.05) is 6.07 Å². The van der Waals surface area contributed by atoms with Crippen molar-refractivity contribution in [3.8, 4) is 6.07 Å². The molecule has 0 saturated carbocycles. The van der Waals surface area contributed by atoms with Crippen molar-refractivity contribution in [3.05, 3.63) is 29.3 Å². The lowest BCUT2D eigenvalue weighted by Crippen LogP contribution is -2.44. The monoisotopic (exact) mass is 286 g/mol. The summed E-state index contributed by atoms with van der Waals surface area (Å²) in [6, 6.07) is 8.06. The fourth-order valence-corrected chi connectivity index (χ4v) is 2.75. The van der Waals surface area contributed by atoms with Gasteiger partial charge in [-0.15, -0.1) is 0 Å². The van der Waals surface area contributed by atoms with E-state index in [1.54, 1.807) is 0 Å². The van der Waals surface area contributed by atoms with Crippen LogP contribution in [-0.2, 0) is 4.79 Å². The van der Waals surface area contributed by atoms with E-state index in [1.807, 2.05) is 25.1 Å². The molecule has 1 amide bonds. The molecule has 0 aromatic heterocycles. The van der Waals surface area contributed by atoms with Crippen LogP contribution in [0.3, 0.4) is 0 Å². The molecule has 112 valence electrons. The number of anilines is 1. The Morgan fingerprint density at radius 3 is 3.10 bits per heavy atom. The minimum Gasteiger partial charge on any atom is -0.370 e. The van der Waals surface area contributed by atoms with Crippen LogP contribution >= 0.6 is 0 Å². The lowest BCUT2D eigenvalue weighted by atomic mass is 9.95. The zero-order chi connectivity index (χ0) is 15.2. The molecular formula is C16H22N4O. The predicted molar refractivity (Wildman–Crippen MR) is 82.9 cm³/mol. The van der Waals surface area contributed by atoms with Crippen LogP contribution in [0.25, 0.3) is 0 Å². The lowest BCUT2D eigenvalue weighted by Gasteiger charge is -2.34. The Bertz CT molecular complexity index is 550. The van der Waals surface area contributed by atoms with Crippen molar-refractivity contribution in [2.75, 3.05) is 31.1 Å². The second-order valence-corrected chi connectivity index (χ2v) is 5.50. The van der Waals surface area contributed by atoms with Crippen LogP contribution in [0, 0.1) is 24.2 Å². The Morgan fingerprint density at radius 1 is 1.57 bits per heavy atom. The average Bonchev–Trinajstić information content (AvgIpc) is 2.52. The number of benzene rings is 1. The summed E-state index contributed by atoms with van der Waals surface area (Å²) < 4.78 is 0. The number of nitrogens with two attached hydrogens (primary N) is 1. The Labute approximate surface area is 125 Å². The quantitative estimate of drug-likeness (QED) is 0.870. The van der Waals surface area contributed by atoms with Crippen molar-refractivity contribution in [3.63, 3.8) is 0 Å². The molecule has 0 bridgehead atoms. The first-order valence-electron chi connectivity index (χ1n) is 7.39. The molecule has 21 heavy (non-hydrogen) atoms. The van der Waals surface area contributed by atoms with Crippen LogP contribution in [0.1, 0.15) is 24.0 Å². The summed E-state index contributed by atoms with van der Waals surface area (Å²) >= 11 is 0. The van der Waals surface area contributed by atoms with Crippen LogP contribution in [0.5, 0.6) is 0 Å². The number of rotatable bonds is 4. The van der Waals surface area contributed by atoms with Crippen molar-refractivity contribution >= 4 is 11.6 Å². The molecule has 0 radical (unpaired) electrons. The first-order chi connectivity index (χ1) is 10.2. The molecule has 1 aliphatic heterocycles. The summed E-state index contributed by atoms with van der Waals surface area (Å²) in [4.78, 5) is 14.3. The van der Waals surface area contributed by atoms with Crippen molar-refractivity contribution in [2.45, 2.75) is 19.8 Å². The van der Waals surface area contributed by atoms with Gasteiger partial charge in [0.25, 0.3) is 0 Å². The number of carbonyl (C=O) groups excluding carboxylic acids is 1. The van der Waals surface area contributed by atoms with Gasteiger partial charge in [0.05, 0.1) is 17.2 Å². The highest BCUT2D eigenvalue weighted by Gasteiger charge is 2.26. The summed E-state index contributed by atoms with van der Waals surface area (Å²) in [5.74, 6) is 0.0358. The molecule has 1 heterocycles. The zero-order valence-electron chi connectivity index (χ0n) is 12.4. The Morgan fingerprint density at radius 2 is 2.38 bits per heavy atom. The SMILES string of the molecule is Cc1ccc(C#N)c(N2CCCC(C(=O)NCCN)C2)c1. The molecule has 1 atom stereocenters. The number of piperidine rings is 1. The molecule has 0 aliphatic carbocycles.